The van der Waals surface area contributed by atoms with Crippen LogP contribution in [0.15, 0.2) is 54.6 Å². The summed E-state index contributed by atoms with van der Waals surface area (Å²) in [4.78, 5) is 35.8. The van der Waals surface area contributed by atoms with Crippen molar-refractivity contribution in [2.75, 3.05) is 0 Å². The number of benzene rings is 2. The second-order valence-electron chi connectivity index (χ2n) is 6.18. The van der Waals surface area contributed by atoms with Crippen LogP contribution in [0.25, 0.3) is 0 Å². The maximum absolute atomic E-state index is 12.7. The van der Waals surface area contributed by atoms with Gasteiger partial charge in [0.2, 0.25) is 11.8 Å². The lowest BCUT2D eigenvalue weighted by Crippen LogP contribution is -2.52. The van der Waals surface area contributed by atoms with Crippen LogP contribution in [0.2, 0.25) is 0 Å². The van der Waals surface area contributed by atoms with Gasteiger partial charge in [0.05, 0.1) is 0 Å². The SMILES string of the molecule is CC(=O)N[C@H](Cc1ccccc1)C(=O)N[C@@H](Cc1cccc(I)c1)C(=O)O. The summed E-state index contributed by atoms with van der Waals surface area (Å²) in [6.45, 7) is 1.33. The average molecular weight is 480 g/mol. The molecule has 0 radical (unpaired) electrons. The number of halogens is 1. The molecule has 0 aliphatic rings. The van der Waals surface area contributed by atoms with Crippen molar-refractivity contribution in [3.05, 3.63) is 69.3 Å². The molecule has 0 saturated heterocycles. The number of carbonyl (C=O) groups excluding carboxylic acids is 2. The number of aliphatic carboxylic acids is 1. The fourth-order valence-corrected chi connectivity index (χ4v) is 3.28. The Morgan fingerprint density at radius 1 is 0.926 bits per heavy atom. The van der Waals surface area contributed by atoms with Gasteiger partial charge in [0.15, 0.2) is 0 Å². The van der Waals surface area contributed by atoms with Crippen molar-refractivity contribution in [3.8, 4) is 0 Å². The largest absolute Gasteiger partial charge is 0.480 e. The first kappa shape index (κ1) is 20.9. The predicted octanol–water partition coefficient (Wildman–Crippen LogP) is 2.15. The number of nitrogens with one attached hydrogen (secondary N) is 2. The van der Waals surface area contributed by atoms with Crippen molar-refractivity contribution < 1.29 is 19.5 Å². The Balaban J connectivity index is 2.11. The van der Waals surface area contributed by atoms with Crippen molar-refractivity contribution >= 4 is 40.4 Å². The molecule has 7 heteroatoms. The quantitative estimate of drug-likeness (QED) is 0.505. The highest BCUT2D eigenvalue weighted by Gasteiger charge is 2.26. The molecule has 0 heterocycles. The zero-order chi connectivity index (χ0) is 19.8. The third-order valence-electron chi connectivity index (χ3n) is 3.92. The number of amides is 2. The lowest BCUT2D eigenvalue weighted by Gasteiger charge is -2.21. The number of carboxylic acids is 1. The molecule has 2 atom stereocenters. The minimum Gasteiger partial charge on any atom is -0.480 e. The Morgan fingerprint density at radius 2 is 1.56 bits per heavy atom. The van der Waals surface area contributed by atoms with Gasteiger partial charge in [-0.05, 0) is 45.9 Å². The van der Waals surface area contributed by atoms with Gasteiger partial charge in [-0.1, -0.05) is 42.5 Å². The molecule has 0 aliphatic carbocycles. The van der Waals surface area contributed by atoms with E-state index in [1.54, 1.807) is 0 Å². The van der Waals surface area contributed by atoms with Crippen LogP contribution in [0, 0.1) is 3.57 Å². The molecule has 0 unspecified atom stereocenters. The van der Waals surface area contributed by atoms with Crippen LogP contribution in [-0.4, -0.2) is 35.0 Å². The Morgan fingerprint density at radius 3 is 2.15 bits per heavy atom. The normalized spacial score (nSPS) is 12.7. The van der Waals surface area contributed by atoms with Gasteiger partial charge >= 0.3 is 5.97 Å². The van der Waals surface area contributed by atoms with Crippen molar-refractivity contribution in [2.24, 2.45) is 0 Å². The molecule has 6 nitrogen and oxygen atoms in total. The summed E-state index contributed by atoms with van der Waals surface area (Å²) >= 11 is 2.15. The fraction of sp³-hybridized carbons (Fsp3) is 0.250. The Bertz CT molecular complexity index is 811. The van der Waals surface area contributed by atoms with Crippen LogP contribution < -0.4 is 10.6 Å². The van der Waals surface area contributed by atoms with Crippen molar-refractivity contribution in [3.63, 3.8) is 0 Å². The van der Waals surface area contributed by atoms with Crippen LogP contribution in [-0.2, 0) is 27.2 Å². The first-order valence-corrected chi connectivity index (χ1v) is 9.51. The molecule has 0 aromatic heterocycles. The van der Waals surface area contributed by atoms with E-state index in [2.05, 4.69) is 33.2 Å². The van der Waals surface area contributed by atoms with E-state index in [4.69, 9.17) is 0 Å². The molecule has 27 heavy (non-hydrogen) atoms. The summed E-state index contributed by atoms with van der Waals surface area (Å²) in [6, 6.07) is 14.8. The second-order valence-corrected chi connectivity index (χ2v) is 7.42. The minimum absolute atomic E-state index is 0.163. The predicted molar refractivity (Wildman–Crippen MR) is 110 cm³/mol. The van der Waals surface area contributed by atoms with Crippen LogP contribution in [0.5, 0.6) is 0 Å². The third-order valence-corrected chi connectivity index (χ3v) is 4.59. The average Bonchev–Trinajstić information content (AvgIpc) is 2.61. The van der Waals surface area contributed by atoms with E-state index >= 15 is 0 Å². The van der Waals surface area contributed by atoms with Crippen LogP contribution in [0.3, 0.4) is 0 Å². The summed E-state index contributed by atoms with van der Waals surface area (Å²) in [5.74, 6) is -1.99. The van der Waals surface area contributed by atoms with E-state index in [0.717, 1.165) is 14.7 Å². The standard InChI is InChI=1S/C20H21IN2O4/c1-13(24)22-17(11-14-6-3-2-4-7-14)19(25)23-18(20(26)27)12-15-8-5-9-16(21)10-15/h2-10,17-18H,11-12H2,1H3,(H,22,24)(H,23,25)(H,26,27)/t17-,18+/m1/s1. The molecular formula is C20H21IN2O4. The van der Waals surface area contributed by atoms with E-state index in [-0.39, 0.29) is 18.7 Å². The van der Waals surface area contributed by atoms with E-state index in [9.17, 15) is 19.5 Å². The molecule has 2 aromatic rings. The van der Waals surface area contributed by atoms with Crippen LogP contribution in [0.4, 0.5) is 0 Å². The third kappa shape index (κ3) is 7.01. The lowest BCUT2D eigenvalue weighted by atomic mass is 10.0. The van der Waals surface area contributed by atoms with Gasteiger partial charge in [-0.2, -0.15) is 0 Å². The zero-order valence-corrected chi connectivity index (χ0v) is 17.0. The number of hydrogen-bond donors (Lipinski definition) is 3. The van der Waals surface area contributed by atoms with E-state index in [1.165, 1.54) is 6.92 Å². The van der Waals surface area contributed by atoms with Gasteiger partial charge in [-0.25, -0.2) is 4.79 Å². The summed E-state index contributed by atoms with van der Waals surface area (Å²) in [7, 11) is 0. The maximum Gasteiger partial charge on any atom is 0.326 e. The molecule has 0 aliphatic heterocycles. The zero-order valence-electron chi connectivity index (χ0n) is 14.8. The topological polar surface area (TPSA) is 95.5 Å². The lowest BCUT2D eigenvalue weighted by molar-refractivity contribution is -0.142. The number of rotatable bonds is 8. The minimum atomic E-state index is -1.12. The van der Waals surface area contributed by atoms with Gasteiger partial charge in [0.1, 0.15) is 12.1 Å². The summed E-state index contributed by atoms with van der Waals surface area (Å²) in [6.07, 6.45) is 0.442. The molecule has 0 fully saturated rings. The number of carbonyl (C=O) groups is 3. The molecule has 2 rings (SSSR count). The highest BCUT2D eigenvalue weighted by molar-refractivity contribution is 14.1. The molecular weight excluding hydrogens is 459 g/mol. The van der Waals surface area contributed by atoms with E-state index in [1.807, 2.05) is 54.6 Å². The highest BCUT2D eigenvalue weighted by atomic mass is 127. The van der Waals surface area contributed by atoms with Crippen molar-refractivity contribution in [1.29, 1.82) is 0 Å². The van der Waals surface area contributed by atoms with Gasteiger partial charge in [0, 0.05) is 23.3 Å². The second kappa shape index (κ2) is 10.1. The van der Waals surface area contributed by atoms with Gasteiger partial charge < -0.3 is 15.7 Å². The van der Waals surface area contributed by atoms with Gasteiger partial charge in [-0.3, -0.25) is 9.59 Å². The van der Waals surface area contributed by atoms with Crippen LogP contribution in [0.1, 0.15) is 18.1 Å². The van der Waals surface area contributed by atoms with Gasteiger partial charge in [0.25, 0.3) is 0 Å². The number of carboxylic acid groups (broad SMARTS) is 1. The highest BCUT2D eigenvalue weighted by Crippen LogP contribution is 2.11. The molecule has 142 valence electrons. The first-order valence-electron chi connectivity index (χ1n) is 8.44. The Hall–Kier alpha value is -2.42. The molecule has 3 N–H and O–H groups in total. The van der Waals surface area contributed by atoms with Crippen molar-refractivity contribution in [2.45, 2.75) is 31.8 Å². The van der Waals surface area contributed by atoms with Crippen molar-refractivity contribution in [1.82, 2.24) is 10.6 Å². The van der Waals surface area contributed by atoms with E-state index in [0.29, 0.717) is 0 Å². The molecule has 0 bridgehead atoms. The summed E-state index contributed by atoms with van der Waals surface area (Å²) in [5, 5.41) is 14.7. The smallest absolute Gasteiger partial charge is 0.326 e. The molecule has 2 aromatic carbocycles. The summed E-state index contributed by atoms with van der Waals surface area (Å²) in [5.41, 5.74) is 1.68. The maximum atomic E-state index is 12.7. The van der Waals surface area contributed by atoms with E-state index < -0.39 is 24.0 Å². The molecule has 0 saturated carbocycles. The monoisotopic (exact) mass is 480 g/mol. The molecule has 2 amide bonds. The first-order chi connectivity index (χ1) is 12.8. The summed E-state index contributed by atoms with van der Waals surface area (Å²) < 4.78 is 0.987. The fourth-order valence-electron chi connectivity index (χ4n) is 2.68. The molecule has 0 spiro atoms. The Labute approximate surface area is 171 Å². The van der Waals surface area contributed by atoms with Gasteiger partial charge in [-0.15, -0.1) is 0 Å². The number of hydrogen-bond acceptors (Lipinski definition) is 3. The Kier molecular flexibility index (Phi) is 7.78. The van der Waals surface area contributed by atoms with Crippen LogP contribution >= 0.6 is 22.6 Å².